The first-order chi connectivity index (χ1) is 18.5. The third-order valence-corrected chi connectivity index (χ3v) is 7.97. The van der Waals surface area contributed by atoms with Gasteiger partial charge in [0, 0.05) is 30.6 Å². The zero-order valence-corrected chi connectivity index (χ0v) is 21.7. The molecule has 3 aromatic rings. The molecule has 9 heteroatoms. The van der Waals surface area contributed by atoms with Gasteiger partial charge in [0.1, 0.15) is 6.04 Å². The molecule has 198 valence electrons. The van der Waals surface area contributed by atoms with Gasteiger partial charge in [-0.1, -0.05) is 35.0 Å². The predicted molar refractivity (Wildman–Crippen MR) is 142 cm³/mol. The molecule has 38 heavy (non-hydrogen) atoms. The van der Waals surface area contributed by atoms with Crippen molar-refractivity contribution in [3.8, 4) is 5.69 Å². The van der Waals surface area contributed by atoms with E-state index in [2.05, 4.69) is 52.1 Å². The first-order valence-electron chi connectivity index (χ1n) is 13.4. The van der Waals surface area contributed by atoms with Crippen LogP contribution in [0.4, 0.5) is 0 Å². The van der Waals surface area contributed by atoms with Crippen LogP contribution in [0, 0.1) is 12.3 Å². The molecule has 3 atom stereocenters. The SMILES string of the molecule is Cc1ccc([C@@H]2C[C@H]2NCCC[C@H](NC(=O)c2ccc(-n3ccnn3)cc2)C(=O)N2CC3(COC3)C2)cc1. The maximum Gasteiger partial charge on any atom is 0.251 e. The van der Waals surface area contributed by atoms with Gasteiger partial charge in [0.15, 0.2) is 0 Å². The van der Waals surface area contributed by atoms with Crippen molar-refractivity contribution in [3.05, 3.63) is 77.6 Å². The Morgan fingerprint density at radius 3 is 2.53 bits per heavy atom. The van der Waals surface area contributed by atoms with E-state index in [0.717, 1.165) is 38.3 Å². The van der Waals surface area contributed by atoms with Crippen molar-refractivity contribution in [3.63, 3.8) is 0 Å². The molecule has 2 aliphatic heterocycles. The molecule has 1 saturated carbocycles. The fraction of sp³-hybridized carbons (Fsp3) is 0.448. The van der Waals surface area contributed by atoms with E-state index in [4.69, 9.17) is 4.74 Å². The minimum atomic E-state index is -0.551. The van der Waals surface area contributed by atoms with Crippen molar-refractivity contribution in [1.29, 1.82) is 0 Å². The Bertz CT molecular complexity index is 1260. The van der Waals surface area contributed by atoms with Crippen LogP contribution in [0.1, 0.15) is 46.7 Å². The van der Waals surface area contributed by atoms with Gasteiger partial charge >= 0.3 is 0 Å². The maximum atomic E-state index is 13.4. The van der Waals surface area contributed by atoms with E-state index >= 15 is 0 Å². The number of carbonyl (C=O) groups excluding carboxylic acids is 2. The summed E-state index contributed by atoms with van der Waals surface area (Å²) in [5.74, 6) is 0.319. The highest BCUT2D eigenvalue weighted by Gasteiger charge is 2.51. The van der Waals surface area contributed by atoms with Crippen molar-refractivity contribution in [2.24, 2.45) is 5.41 Å². The standard InChI is InChI=1S/C29H34N6O3/c1-20-4-6-21(7-5-20)24-15-26(24)30-12-2-3-25(28(37)34-16-29(17-34)18-38-19-29)32-27(36)22-8-10-23(11-9-22)35-14-13-31-33-35/h4-11,13-14,24-26,30H,2-3,12,15-19H2,1H3,(H,32,36)/t24-,25-,26+/m0/s1. The maximum absolute atomic E-state index is 13.4. The van der Waals surface area contributed by atoms with Crippen LogP contribution < -0.4 is 10.6 Å². The van der Waals surface area contributed by atoms with Gasteiger partial charge in [-0.2, -0.15) is 0 Å². The summed E-state index contributed by atoms with van der Waals surface area (Å²) in [5, 5.41) is 14.5. The number of ether oxygens (including phenoxy) is 1. The van der Waals surface area contributed by atoms with E-state index in [-0.39, 0.29) is 17.2 Å². The fourth-order valence-electron chi connectivity index (χ4n) is 5.52. The van der Waals surface area contributed by atoms with E-state index in [0.29, 0.717) is 37.0 Å². The quantitative estimate of drug-likeness (QED) is 0.403. The van der Waals surface area contributed by atoms with E-state index in [1.165, 1.54) is 11.1 Å². The van der Waals surface area contributed by atoms with Crippen molar-refractivity contribution in [2.45, 2.75) is 44.2 Å². The first-order valence-corrected chi connectivity index (χ1v) is 13.4. The topological polar surface area (TPSA) is 101 Å². The largest absolute Gasteiger partial charge is 0.380 e. The second-order valence-electron chi connectivity index (χ2n) is 11.1. The molecule has 2 amide bonds. The smallest absolute Gasteiger partial charge is 0.251 e. The van der Waals surface area contributed by atoms with Gasteiger partial charge in [0.2, 0.25) is 5.91 Å². The summed E-state index contributed by atoms with van der Waals surface area (Å²) in [5.41, 5.74) is 4.13. The van der Waals surface area contributed by atoms with Gasteiger partial charge in [-0.3, -0.25) is 9.59 Å². The van der Waals surface area contributed by atoms with E-state index in [9.17, 15) is 9.59 Å². The van der Waals surface area contributed by atoms with Crippen molar-refractivity contribution < 1.29 is 14.3 Å². The minimum absolute atomic E-state index is 0.000866. The molecule has 6 rings (SSSR count). The molecule has 2 saturated heterocycles. The number of nitrogens with zero attached hydrogens (tertiary/aromatic N) is 4. The molecular formula is C29H34N6O3. The molecule has 3 fully saturated rings. The number of carbonyl (C=O) groups is 2. The number of rotatable bonds is 10. The number of amides is 2. The minimum Gasteiger partial charge on any atom is -0.380 e. The first kappa shape index (κ1) is 24.8. The molecule has 2 aromatic carbocycles. The Morgan fingerprint density at radius 1 is 1.11 bits per heavy atom. The zero-order valence-electron chi connectivity index (χ0n) is 21.7. The van der Waals surface area contributed by atoms with Crippen LogP contribution in [0.25, 0.3) is 5.69 Å². The lowest BCUT2D eigenvalue weighted by Gasteiger charge is -2.55. The number of hydrogen-bond donors (Lipinski definition) is 2. The molecule has 0 unspecified atom stereocenters. The molecule has 1 aliphatic carbocycles. The normalized spacial score (nSPS) is 21.9. The number of aromatic nitrogens is 3. The van der Waals surface area contributed by atoms with Gasteiger partial charge in [0.05, 0.1) is 36.7 Å². The van der Waals surface area contributed by atoms with Crippen molar-refractivity contribution in [2.75, 3.05) is 32.8 Å². The summed E-state index contributed by atoms with van der Waals surface area (Å²) in [7, 11) is 0. The average molecular weight is 515 g/mol. The number of nitrogens with one attached hydrogen (secondary N) is 2. The molecule has 0 radical (unpaired) electrons. The van der Waals surface area contributed by atoms with Gasteiger partial charge in [-0.05, 0) is 62.6 Å². The Balaban J connectivity index is 1.04. The van der Waals surface area contributed by atoms with Crippen LogP contribution in [0.15, 0.2) is 60.9 Å². The highest BCUT2D eigenvalue weighted by atomic mass is 16.5. The summed E-state index contributed by atoms with van der Waals surface area (Å²) < 4.78 is 6.99. The molecule has 1 aromatic heterocycles. The fourth-order valence-corrected chi connectivity index (χ4v) is 5.52. The predicted octanol–water partition coefficient (Wildman–Crippen LogP) is 2.46. The van der Waals surface area contributed by atoms with Gasteiger partial charge < -0.3 is 20.3 Å². The van der Waals surface area contributed by atoms with Crippen LogP contribution in [0.5, 0.6) is 0 Å². The van der Waals surface area contributed by atoms with Crippen LogP contribution in [-0.2, 0) is 9.53 Å². The van der Waals surface area contributed by atoms with Crippen LogP contribution in [0.3, 0.4) is 0 Å². The van der Waals surface area contributed by atoms with Gasteiger partial charge in [0.25, 0.3) is 5.91 Å². The monoisotopic (exact) mass is 514 g/mol. The molecule has 3 aliphatic rings. The highest BCUT2D eigenvalue weighted by Crippen LogP contribution is 2.41. The second-order valence-corrected chi connectivity index (χ2v) is 11.1. The highest BCUT2D eigenvalue weighted by molar-refractivity contribution is 5.97. The van der Waals surface area contributed by atoms with Crippen molar-refractivity contribution in [1.82, 2.24) is 30.5 Å². The number of aryl methyl sites for hydroxylation is 1. The summed E-state index contributed by atoms with van der Waals surface area (Å²) >= 11 is 0. The summed E-state index contributed by atoms with van der Waals surface area (Å²) in [6.45, 7) is 5.79. The van der Waals surface area contributed by atoms with Crippen LogP contribution in [-0.4, -0.2) is 76.6 Å². The van der Waals surface area contributed by atoms with Gasteiger partial charge in [-0.15, -0.1) is 5.10 Å². The van der Waals surface area contributed by atoms with Crippen LogP contribution >= 0.6 is 0 Å². The second kappa shape index (κ2) is 10.3. The van der Waals surface area contributed by atoms with Gasteiger partial charge in [-0.25, -0.2) is 4.68 Å². The summed E-state index contributed by atoms with van der Waals surface area (Å²) in [4.78, 5) is 28.3. The molecule has 9 nitrogen and oxygen atoms in total. The lowest BCUT2D eigenvalue weighted by molar-refractivity contribution is -0.196. The Morgan fingerprint density at radius 2 is 1.87 bits per heavy atom. The lowest BCUT2D eigenvalue weighted by atomic mass is 9.77. The zero-order chi connectivity index (χ0) is 26.1. The van der Waals surface area contributed by atoms with E-state index in [1.54, 1.807) is 29.2 Å². The molecule has 0 bridgehead atoms. The van der Waals surface area contributed by atoms with Crippen molar-refractivity contribution >= 4 is 11.8 Å². The molecular weight excluding hydrogens is 480 g/mol. The van der Waals surface area contributed by atoms with E-state index < -0.39 is 6.04 Å². The third-order valence-electron chi connectivity index (χ3n) is 7.97. The number of hydrogen-bond acceptors (Lipinski definition) is 6. The summed E-state index contributed by atoms with van der Waals surface area (Å²) in [6.07, 6.45) is 5.89. The summed E-state index contributed by atoms with van der Waals surface area (Å²) in [6, 6.07) is 15.8. The Labute approximate surface area is 222 Å². The Kier molecular flexibility index (Phi) is 6.71. The van der Waals surface area contributed by atoms with Crippen LogP contribution in [0.2, 0.25) is 0 Å². The van der Waals surface area contributed by atoms with E-state index in [1.807, 2.05) is 17.0 Å². The number of benzene rings is 2. The third kappa shape index (κ3) is 5.21. The number of likely N-dealkylation sites (tertiary alicyclic amines) is 1. The molecule has 3 heterocycles. The molecule has 1 spiro atoms. The average Bonchev–Trinajstić information content (AvgIpc) is 3.43. The molecule has 2 N–H and O–H groups in total. The Hall–Kier alpha value is -3.56. The lowest BCUT2D eigenvalue weighted by Crippen LogP contribution is -2.69.